The molecule has 62 valence electrons. The minimum atomic E-state index is -0.709. The van der Waals surface area contributed by atoms with Crippen molar-refractivity contribution >= 4 is 5.97 Å². The van der Waals surface area contributed by atoms with Crippen LogP contribution < -0.4 is 0 Å². The smallest absolute Gasteiger partial charge is 0.384 e. The standard InChI is InChI=1S/C8H12O3/c1-3-4-7(9)5-6-8(10)11-2/h7,9H,3-4H2,1-2H3/t7-/m0/s1. The van der Waals surface area contributed by atoms with Crippen LogP contribution in [0.25, 0.3) is 0 Å². The highest BCUT2D eigenvalue weighted by atomic mass is 16.5. The van der Waals surface area contributed by atoms with Gasteiger partial charge in [-0.25, -0.2) is 4.79 Å². The zero-order valence-electron chi connectivity index (χ0n) is 6.76. The molecular weight excluding hydrogens is 144 g/mol. The van der Waals surface area contributed by atoms with E-state index in [2.05, 4.69) is 16.6 Å². The molecule has 0 radical (unpaired) electrons. The monoisotopic (exact) mass is 156 g/mol. The first kappa shape index (κ1) is 9.99. The van der Waals surface area contributed by atoms with Gasteiger partial charge in [0, 0.05) is 5.92 Å². The summed E-state index contributed by atoms with van der Waals surface area (Å²) in [7, 11) is 1.25. The first-order chi connectivity index (χ1) is 5.20. The molecule has 3 nitrogen and oxygen atoms in total. The summed E-state index contributed by atoms with van der Waals surface area (Å²) >= 11 is 0. The summed E-state index contributed by atoms with van der Waals surface area (Å²) in [5.74, 6) is 3.91. The van der Waals surface area contributed by atoms with Crippen LogP contribution in [0.3, 0.4) is 0 Å². The van der Waals surface area contributed by atoms with E-state index in [4.69, 9.17) is 5.11 Å². The highest BCUT2D eigenvalue weighted by Crippen LogP contribution is 1.92. The predicted octanol–water partition coefficient (Wildman–Crippen LogP) is 0.324. The van der Waals surface area contributed by atoms with E-state index in [1.807, 2.05) is 6.92 Å². The maximum absolute atomic E-state index is 10.4. The van der Waals surface area contributed by atoms with E-state index in [1.54, 1.807) is 0 Å². The molecule has 0 aromatic carbocycles. The topological polar surface area (TPSA) is 46.5 Å². The van der Waals surface area contributed by atoms with Crippen LogP contribution in [0.5, 0.6) is 0 Å². The van der Waals surface area contributed by atoms with Gasteiger partial charge < -0.3 is 9.84 Å². The van der Waals surface area contributed by atoms with Crippen LogP contribution >= 0.6 is 0 Å². The summed E-state index contributed by atoms with van der Waals surface area (Å²) < 4.78 is 4.26. The van der Waals surface area contributed by atoms with Crippen LogP contribution in [0, 0.1) is 11.8 Å². The average molecular weight is 156 g/mol. The average Bonchev–Trinajstić information content (AvgIpc) is 2.01. The van der Waals surface area contributed by atoms with Crippen molar-refractivity contribution in [3.63, 3.8) is 0 Å². The predicted molar refractivity (Wildman–Crippen MR) is 40.7 cm³/mol. The third-order valence-electron chi connectivity index (χ3n) is 1.09. The van der Waals surface area contributed by atoms with Crippen LogP contribution in [-0.4, -0.2) is 24.3 Å². The van der Waals surface area contributed by atoms with Crippen molar-refractivity contribution in [2.45, 2.75) is 25.9 Å². The number of methoxy groups -OCH3 is 1. The van der Waals surface area contributed by atoms with E-state index in [-0.39, 0.29) is 0 Å². The van der Waals surface area contributed by atoms with Crippen LogP contribution in [0.4, 0.5) is 0 Å². The molecule has 0 aliphatic rings. The van der Waals surface area contributed by atoms with Gasteiger partial charge in [0.1, 0.15) is 6.10 Å². The van der Waals surface area contributed by atoms with Crippen LogP contribution in [0.15, 0.2) is 0 Å². The van der Waals surface area contributed by atoms with Crippen molar-refractivity contribution in [2.75, 3.05) is 7.11 Å². The molecule has 0 unspecified atom stereocenters. The molecule has 0 aromatic rings. The molecule has 0 amide bonds. The number of carbonyl (C=O) groups excluding carboxylic acids is 1. The van der Waals surface area contributed by atoms with Gasteiger partial charge in [-0.2, -0.15) is 0 Å². The molecule has 1 N–H and O–H groups in total. The van der Waals surface area contributed by atoms with Crippen LogP contribution in [0.1, 0.15) is 19.8 Å². The number of hydrogen-bond acceptors (Lipinski definition) is 3. The summed E-state index contributed by atoms with van der Waals surface area (Å²) in [5.41, 5.74) is 0. The molecule has 0 fully saturated rings. The Balaban J connectivity index is 3.76. The van der Waals surface area contributed by atoms with Crippen molar-refractivity contribution in [3.8, 4) is 11.8 Å². The Morgan fingerprint density at radius 3 is 2.82 bits per heavy atom. The maximum Gasteiger partial charge on any atom is 0.384 e. The molecule has 0 aliphatic heterocycles. The van der Waals surface area contributed by atoms with Gasteiger partial charge in [-0.05, 0) is 6.42 Å². The van der Waals surface area contributed by atoms with E-state index >= 15 is 0 Å². The maximum atomic E-state index is 10.4. The molecule has 0 spiro atoms. The lowest BCUT2D eigenvalue weighted by atomic mass is 10.2. The molecule has 0 rings (SSSR count). The lowest BCUT2D eigenvalue weighted by Crippen LogP contribution is -2.03. The molecular formula is C8H12O3. The second-order valence-electron chi connectivity index (χ2n) is 2.07. The summed E-state index contributed by atoms with van der Waals surface area (Å²) in [5, 5.41) is 9.01. The Hall–Kier alpha value is -1.01. The second-order valence-corrected chi connectivity index (χ2v) is 2.07. The van der Waals surface area contributed by atoms with Gasteiger partial charge in [-0.3, -0.25) is 0 Å². The lowest BCUT2D eigenvalue weighted by Gasteiger charge is -1.96. The summed E-state index contributed by atoms with van der Waals surface area (Å²) in [4.78, 5) is 10.4. The number of rotatable bonds is 2. The number of esters is 1. The Morgan fingerprint density at radius 1 is 1.73 bits per heavy atom. The van der Waals surface area contributed by atoms with E-state index in [0.717, 1.165) is 6.42 Å². The quantitative estimate of drug-likeness (QED) is 0.356. The van der Waals surface area contributed by atoms with Gasteiger partial charge in [0.25, 0.3) is 0 Å². The Kier molecular flexibility index (Phi) is 5.22. The first-order valence-electron chi connectivity index (χ1n) is 3.48. The van der Waals surface area contributed by atoms with E-state index in [1.165, 1.54) is 7.11 Å². The molecule has 0 saturated carbocycles. The fourth-order valence-corrected chi connectivity index (χ4v) is 0.539. The highest BCUT2D eigenvalue weighted by molar-refractivity contribution is 5.88. The van der Waals surface area contributed by atoms with Gasteiger partial charge in [0.15, 0.2) is 0 Å². The SMILES string of the molecule is CCC[C@H](O)C#CC(=O)OC. The van der Waals surface area contributed by atoms with Crippen molar-refractivity contribution in [3.05, 3.63) is 0 Å². The fourth-order valence-electron chi connectivity index (χ4n) is 0.539. The fraction of sp³-hybridized carbons (Fsp3) is 0.625. The van der Waals surface area contributed by atoms with E-state index in [0.29, 0.717) is 6.42 Å². The molecule has 0 aliphatic carbocycles. The van der Waals surface area contributed by atoms with Crippen molar-refractivity contribution < 1.29 is 14.6 Å². The molecule has 3 heteroatoms. The van der Waals surface area contributed by atoms with Crippen LogP contribution in [-0.2, 0) is 9.53 Å². The number of ether oxygens (including phenoxy) is 1. The van der Waals surface area contributed by atoms with Crippen molar-refractivity contribution in [1.29, 1.82) is 0 Å². The molecule has 1 atom stereocenters. The second kappa shape index (κ2) is 5.75. The molecule has 0 aromatic heterocycles. The summed E-state index contributed by atoms with van der Waals surface area (Å²) in [6.45, 7) is 1.93. The normalized spacial score (nSPS) is 11.2. The first-order valence-corrected chi connectivity index (χ1v) is 3.48. The van der Waals surface area contributed by atoms with E-state index < -0.39 is 12.1 Å². The highest BCUT2D eigenvalue weighted by Gasteiger charge is 1.96. The largest absolute Gasteiger partial charge is 0.459 e. The van der Waals surface area contributed by atoms with Gasteiger partial charge in [0.05, 0.1) is 7.11 Å². The minimum Gasteiger partial charge on any atom is -0.459 e. The third kappa shape index (κ3) is 5.43. The third-order valence-corrected chi connectivity index (χ3v) is 1.09. The summed E-state index contributed by atoms with van der Waals surface area (Å²) in [6.07, 6.45) is 0.722. The Bertz CT molecular complexity index is 176. The van der Waals surface area contributed by atoms with Gasteiger partial charge in [-0.1, -0.05) is 19.3 Å². The zero-order valence-corrected chi connectivity index (χ0v) is 6.76. The molecule has 0 heterocycles. The van der Waals surface area contributed by atoms with Gasteiger partial charge in [-0.15, -0.1) is 0 Å². The van der Waals surface area contributed by atoms with Gasteiger partial charge in [0.2, 0.25) is 0 Å². The van der Waals surface area contributed by atoms with E-state index in [9.17, 15) is 4.79 Å². The number of aliphatic hydroxyl groups is 1. The lowest BCUT2D eigenvalue weighted by molar-refractivity contribution is -0.133. The zero-order chi connectivity index (χ0) is 8.69. The molecule has 0 saturated heterocycles. The minimum absolute atomic E-state index is 0.587. The van der Waals surface area contributed by atoms with Gasteiger partial charge >= 0.3 is 5.97 Å². The number of hydrogen-bond donors (Lipinski definition) is 1. The Labute approximate surface area is 66.4 Å². The van der Waals surface area contributed by atoms with Crippen molar-refractivity contribution in [2.24, 2.45) is 0 Å². The summed E-state index contributed by atoms with van der Waals surface area (Å²) in [6, 6.07) is 0. The molecule has 11 heavy (non-hydrogen) atoms. The van der Waals surface area contributed by atoms with Crippen molar-refractivity contribution in [1.82, 2.24) is 0 Å². The Morgan fingerprint density at radius 2 is 2.36 bits per heavy atom. The molecule has 0 bridgehead atoms. The number of aliphatic hydroxyl groups excluding tert-OH is 1. The number of carbonyl (C=O) groups is 1. The van der Waals surface area contributed by atoms with Crippen LogP contribution in [0.2, 0.25) is 0 Å².